The zero-order chi connectivity index (χ0) is 19.7. The minimum absolute atomic E-state index is 0.00395. The van der Waals surface area contributed by atoms with Crippen LogP contribution >= 0.6 is 0 Å². The van der Waals surface area contributed by atoms with Gasteiger partial charge in [-0.15, -0.1) is 0 Å². The van der Waals surface area contributed by atoms with Crippen molar-refractivity contribution in [2.45, 2.75) is 50.5 Å². The van der Waals surface area contributed by atoms with Gasteiger partial charge in [0.1, 0.15) is 16.5 Å². The van der Waals surface area contributed by atoms with Gasteiger partial charge in [-0.2, -0.15) is 0 Å². The fourth-order valence-corrected chi connectivity index (χ4v) is 4.68. The molecule has 1 aliphatic rings. The summed E-state index contributed by atoms with van der Waals surface area (Å²) in [4.78, 5) is 11.7. The molecule has 1 aromatic rings. The van der Waals surface area contributed by atoms with Crippen LogP contribution in [0.15, 0.2) is 17.0 Å². The van der Waals surface area contributed by atoms with Crippen molar-refractivity contribution in [1.82, 2.24) is 4.72 Å². The summed E-state index contributed by atoms with van der Waals surface area (Å²) in [5.41, 5.74) is 4.44. The summed E-state index contributed by atoms with van der Waals surface area (Å²) < 4.78 is 55.2. The molecule has 2 rings (SSSR count). The molecule has 1 fully saturated rings. The molecule has 0 radical (unpaired) electrons. The van der Waals surface area contributed by atoms with E-state index in [1.807, 2.05) is 0 Å². The Balaban J connectivity index is 2.32. The molecule has 26 heavy (non-hydrogen) atoms. The smallest absolute Gasteiger partial charge is 0.244 e. The number of halogens is 2. The van der Waals surface area contributed by atoms with E-state index in [9.17, 15) is 22.0 Å². The van der Waals surface area contributed by atoms with Crippen molar-refractivity contribution < 1.29 is 22.0 Å². The molecular formula is C17H25F2N3O3S. The van der Waals surface area contributed by atoms with Crippen LogP contribution in [0, 0.1) is 23.5 Å². The number of hydrogen-bond donors (Lipinski definition) is 3. The number of nitrogens with one attached hydrogen (secondary N) is 2. The lowest BCUT2D eigenvalue weighted by molar-refractivity contribution is -0.120. The first-order chi connectivity index (χ1) is 11.9. The van der Waals surface area contributed by atoms with Crippen LogP contribution in [-0.4, -0.2) is 26.4 Å². The first kappa shape index (κ1) is 20.7. The predicted molar refractivity (Wildman–Crippen MR) is 94.9 cm³/mol. The molecule has 1 saturated carbocycles. The van der Waals surface area contributed by atoms with Crippen molar-refractivity contribution in [2.24, 2.45) is 17.6 Å². The minimum atomic E-state index is -4.22. The van der Waals surface area contributed by atoms with Gasteiger partial charge in [0.05, 0.1) is 5.69 Å². The highest BCUT2D eigenvalue weighted by Crippen LogP contribution is 2.32. The summed E-state index contributed by atoms with van der Waals surface area (Å²) in [6.45, 7) is 5.14. The molecule has 1 amide bonds. The van der Waals surface area contributed by atoms with Crippen LogP contribution in [0.1, 0.15) is 40.0 Å². The SMILES string of the molecule is CC(C)(C)NS(=O)(=O)c1cc(NC(=O)[C@@H]2CCC[C@@H]2CN)c(F)cc1F. The Kier molecular flexibility index (Phi) is 6.04. The standard InChI is InChI=1S/C17H25F2N3O3S/c1-17(2,3)22-26(24,25)15-8-14(12(18)7-13(15)19)21-16(23)11-6-4-5-10(11)9-20/h7-8,10-11,22H,4-6,9,20H2,1-3H3,(H,21,23)/t10-,11-/m1/s1. The molecule has 0 heterocycles. The van der Waals surface area contributed by atoms with Crippen molar-refractivity contribution >= 4 is 21.6 Å². The van der Waals surface area contributed by atoms with Crippen LogP contribution < -0.4 is 15.8 Å². The Bertz CT molecular complexity index is 791. The Hall–Kier alpha value is -1.58. The third kappa shape index (κ3) is 4.77. The topological polar surface area (TPSA) is 101 Å². The Labute approximate surface area is 152 Å². The van der Waals surface area contributed by atoms with Crippen LogP contribution in [0.3, 0.4) is 0 Å². The Morgan fingerprint density at radius 3 is 2.46 bits per heavy atom. The van der Waals surface area contributed by atoms with Crippen molar-refractivity contribution in [1.29, 1.82) is 0 Å². The van der Waals surface area contributed by atoms with Gasteiger partial charge in [-0.3, -0.25) is 4.79 Å². The normalized spacial score (nSPS) is 21.0. The fourth-order valence-electron chi connectivity index (χ4n) is 3.18. The monoisotopic (exact) mass is 389 g/mol. The number of amides is 1. The highest BCUT2D eigenvalue weighted by Gasteiger charge is 2.33. The van der Waals surface area contributed by atoms with E-state index in [-0.39, 0.29) is 17.5 Å². The van der Waals surface area contributed by atoms with Gasteiger partial charge in [-0.25, -0.2) is 21.9 Å². The van der Waals surface area contributed by atoms with Gasteiger partial charge in [0.25, 0.3) is 0 Å². The molecule has 2 atom stereocenters. The van der Waals surface area contributed by atoms with E-state index in [4.69, 9.17) is 5.73 Å². The number of anilines is 1. The summed E-state index contributed by atoms with van der Waals surface area (Å²) >= 11 is 0. The molecule has 0 bridgehead atoms. The van der Waals surface area contributed by atoms with Gasteiger partial charge in [0.2, 0.25) is 15.9 Å². The van der Waals surface area contributed by atoms with Gasteiger partial charge in [-0.1, -0.05) is 6.42 Å². The maximum Gasteiger partial charge on any atom is 0.244 e. The lowest BCUT2D eigenvalue weighted by Gasteiger charge is -2.21. The number of carbonyl (C=O) groups excluding carboxylic acids is 1. The molecular weight excluding hydrogens is 364 g/mol. The van der Waals surface area contributed by atoms with Crippen molar-refractivity contribution in [3.63, 3.8) is 0 Å². The number of carbonyl (C=O) groups is 1. The van der Waals surface area contributed by atoms with Gasteiger partial charge >= 0.3 is 0 Å². The summed E-state index contributed by atoms with van der Waals surface area (Å²) in [6, 6.07) is 1.27. The first-order valence-corrected chi connectivity index (χ1v) is 9.97. The summed E-state index contributed by atoms with van der Waals surface area (Å²) in [5, 5.41) is 2.39. The molecule has 0 saturated heterocycles. The molecule has 0 aliphatic heterocycles. The number of hydrogen-bond acceptors (Lipinski definition) is 4. The van der Waals surface area contributed by atoms with E-state index in [1.54, 1.807) is 20.8 Å². The summed E-state index contributed by atoms with van der Waals surface area (Å²) in [6.07, 6.45) is 2.30. The van der Waals surface area contributed by atoms with Crippen molar-refractivity contribution in [3.8, 4) is 0 Å². The Morgan fingerprint density at radius 1 is 1.23 bits per heavy atom. The van der Waals surface area contributed by atoms with E-state index in [2.05, 4.69) is 10.0 Å². The molecule has 1 aliphatic carbocycles. The van der Waals surface area contributed by atoms with E-state index < -0.39 is 38.0 Å². The first-order valence-electron chi connectivity index (χ1n) is 8.48. The molecule has 1 aromatic carbocycles. The summed E-state index contributed by atoms with van der Waals surface area (Å²) in [5.74, 6) is -3.05. The van der Waals surface area contributed by atoms with Crippen LogP contribution in [0.4, 0.5) is 14.5 Å². The van der Waals surface area contributed by atoms with E-state index in [0.29, 0.717) is 19.0 Å². The van der Waals surface area contributed by atoms with Crippen LogP contribution in [0.25, 0.3) is 0 Å². The number of rotatable bonds is 5. The molecule has 0 unspecified atom stereocenters. The van der Waals surface area contributed by atoms with Crippen LogP contribution in [0.5, 0.6) is 0 Å². The number of benzene rings is 1. The van der Waals surface area contributed by atoms with E-state index >= 15 is 0 Å². The van der Waals surface area contributed by atoms with Gasteiger partial charge in [0.15, 0.2) is 0 Å². The molecule has 146 valence electrons. The highest BCUT2D eigenvalue weighted by molar-refractivity contribution is 7.89. The van der Waals surface area contributed by atoms with E-state index in [1.165, 1.54) is 0 Å². The van der Waals surface area contributed by atoms with Gasteiger partial charge < -0.3 is 11.1 Å². The van der Waals surface area contributed by atoms with Gasteiger partial charge in [-0.05, 0) is 52.1 Å². The largest absolute Gasteiger partial charge is 0.330 e. The lowest BCUT2D eigenvalue weighted by Crippen LogP contribution is -2.40. The lowest BCUT2D eigenvalue weighted by atomic mass is 9.95. The Morgan fingerprint density at radius 2 is 1.88 bits per heavy atom. The predicted octanol–water partition coefficient (Wildman–Crippen LogP) is 2.36. The number of sulfonamides is 1. The highest BCUT2D eigenvalue weighted by atomic mass is 32.2. The third-order valence-electron chi connectivity index (χ3n) is 4.31. The van der Waals surface area contributed by atoms with Gasteiger partial charge in [0, 0.05) is 17.5 Å². The van der Waals surface area contributed by atoms with Crippen LogP contribution in [-0.2, 0) is 14.8 Å². The van der Waals surface area contributed by atoms with Crippen LogP contribution in [0.2, 0.25) is 0 Å². The third-order valence-corrected chi connectivity index (χ3v) is 6.08. The number of nitrogens with two attached hydrogens (primary N) is 1. The maximum absolute atomic E-state index is 14.1. The maximum atomic E-state index is 14.1. The zero-order valence-corrected chi connectivity index (χ0v) is 15.9. The minimum Gasteiger partial charge on any atom is -0.330 e. The molecule has 6 nitrogen and oxygen atoms in total. The summed E-state index contributed by atoms with van der Waals surface area (Å²) in [7, 11) is -4.22. The van der Waals surface area contributed by atoms with Crippen molar-refractivity contribution in [2.75, 3.05) is 11.9 Å². The van der Waals surface area contributed by atoms with Crippen molar-refractivity contribution in [3.05, 3.63) is 23.8 Å². The second-order valence-corrected chi connectivity index (χ2v) is 9.29. The second-order valence-electron chi connectivity index (χ2n) is 7.64. The van der Waals surface area contributed by atoms with E-state index in [0.717, 1.165) is 18.9 Å². The quantitative estimate of drug-likeness (QED) is 0.719. The fraction of sp³-hybridized carbons (Fsp3) is 0.588. The second kappa shape index (κ2) is 7.58. The average Bonchev–Trinajstić information content (AvgIpc) is 2.95. The molecule has 0 aromatic heterocycles. The molecule has 9 heteroatoms. The zero-order valence-electron chi connectivity index (χ0n) is 15.1. The average molecular weight is 389 g/mol. The molecule has 4 N–H and O–H groups in total. The molecule has 0 spiro atoms.